The van der Waals surface area contributed by atoms with Gasteiger partial charge in [0.2, 0.25) is 0 Å². The Balaban J connectivity index is 3.01. The van der Waals surface area contributed by atoms with Gasteiger partial charge < -0.3 is 9.73 Å². The first kappa shape index (κ1) is 15.8. The molecule has 102 valence electrons. The van der Waals surface area contributed by atoms with Crippen molar-refractivity contribution >= 4 is 37.8 Å². The standard InChI is InChI=1S/C13H19Br2NO2/c1-5-13(6-14,7-15)16-12(17)11-8(2)9(3)18-10(11)4/h5-7H2,1-4H3,(H,16,17). The van der Waals surface area contributed by atoms with E-state index in [0.29, 0.717) is 22.0 Å². The van der Waals surface area contributed by atoms with E-state index in [1.54, 1.807) is 0 Å². The molecule has 0 aliphatic rings. The van der Waals surface area contributed by atoms with Gasteiger partial charge in [-0.1, -0.05) is 38.8 Å². The Morgan fingerprint density at radius 3 is 2.11 bits per heavy atom. The number of furan rings is 1. The maximum atomic E-state index is 12.4. The highest BCUT2D eigenvalue weighted by atomic mass is 79.9. The molecule has 0 aliphatic carbocycles. The molecule has 1 aromatic heterocycles. The molecule has 3 nitrogen and oxygen atoms in total. The molecule has 1 N–H and O–H groups in total. The largest absolute Gasteiger partial charge is 0.466 e. The number of nitrogens with one attached hydrogen (secondary N) is 1. The second-order valence-electron chi connectivity index (χ2n) is 4.57. The highest BCUT2D eigenvalue weighted by molar-refractivity contribution is 9.09. The monoisotopic (exact) mass is 379 g/mol. The summed E-state index contributed by atoms with van der Waals surface area (Å²) in [7, 11) is 0. The van der Waals surface area contributed by atoms with Crippen LogP contribution in [0.4, 0.5) is 0 Å². The summed E-state index contributed by atoms with van der Waals surface area (Å²) >= 11 is 6.94. The number of hydrogen-bond acceptors (Lipinski definition) is 2. The zero-order valence-electron chi connectivity index (χ0n) is 11.2. The van der Waals surface area contributed by atoms with Crippen LogP contribution in [0.25, 0.3) is 0 Å². The Morgan fingerprint density at radius 2 is 1.78 bits per heavy atom. The second-order valence-corrected chi connectivity index (χ2v) is 5.69. The van der Waals surface area contributed by atoms with E-state index >= 15 is 0 Å². The third kappa shape index (κ3) is 2.99. The molecule has 0 spiro atoms. The van der Waals surface area contributed by atoms with Crippen molar-refractivity contribution in [3.8, 4) is 0 Å². The van der Waals surface area contributed by atoms with Crippen molar-refractivity contribution in [1.82, 2.24) is 5.32 Å². The molecule has 1 rings (SSSR count). The Morgan fingerprint density at radius 1 is 1.22 bits per heavy atom. The fourth-order valence-electron chi connectivity index (χ4n) is 1.81. The van der Waals surface area contributed by atoms with E-state index in [4.69, 9.17) is 4.42 Å². The van der Waals surface area contributed by atoms with Crippen LogP contribution in [-0.4, -0.2) is 22.1 Å². The van der Waals surface area contributed by atoms with Crippen molar-refractivity contribution in [2.75, 3.05) is 10.7 Å². The molecular weight excluding hydrogens is 362 g/mol. The first-order valence-electron chi connectivity index (χ1n) is 5.91. The van der Waals surface area contributed by atoms with Gasteiger partial charge in [-0.2, -0.15) is 0 Å². The number of alkyl halides is 2. The van der Waals surface area contributed by atoms with Crippen LogP contribution in [-0.2, 0) is 0 Å². The van der Waals surface area contributed by atoms with Gasteiger partial charge in [0.05, 0.1) is 11.1 Å². The van der Waals surface area contributed by atoms with E-state index in [0.717, 1.165) is 17.7 Å². The van der Waals surface area contributed by atoms with Gasteiger partial charge >= 0.3 is 0 Å². The first-order chi connectivity index (χ1) is 8.40. The predicted molar refractivity (Wildman–Crippen MR) is 81.0 cm³/mol. The SMILES string of the molecule is CCC(CBr)(CBr)NC(=O)c1c(C)oc(C)c1C. The highest BCUT2D eigenvalue weighted by Crippen LogP contribution is 2.23. The molecule has 18 heavy (non-hydrogen) atoms. The van der Waals surface area contributed by atoms with Gasteiger partial charge in [-0.3, -0.25) is 4.79 Å². The van der Waals surface area contributed by atoms with Crippen LogP contribution in [0.1, 0.15) is 40.8 Å². The number of rotatable bonds is 5. The average molecular weight is 381 g/mol. The number of halogens is 2. The number of aryl methyl sites for hydroxylation is 2. The van der Waals surface area contributed by atoms with Crippen LogP contribution in [0.3, 0.4) is 0 Å². The second kappa shape index (κ2) is 6.24. The zero-order valence-corrected chi connectivity index (χ0v) is 14.4. The quantitative estimate of drug-likeness (QED) is 0.787. The van der Waals surface area contributed by atoms with E-state index in [-0.39, 0.29) is 11.4 Å². The molecule has 0 bridgehead atoms. The van der Waals surface area contributed by atoms with Crippen LogP contribution in [0, 0.1) is 20.8 Å². The fraction of sp³-hybridized carbons (Fsp3) is 0.615. The molecule has 0 unspecified atom stereocenters. The molecule has 0 fully saturated rings. The van der Waals surface area contributed by atoms with Crippen molar-refractivity contribution in [1.29, 1.82) is 0 Å². The van der Waals surface area contributed by atoms with Gasteiger partial charge in [-0.25, -0.2) is 0 Å². The normalized spacial score (nSPS) is 11.7. The zero-order chi connectivity index (χ0) is 13.9. The van der Waals surface area contributed by atoms with Crippen LogP contribution in [0.15, 0.2) is 4.42 Å². The number of carbonyl (C=O) groups is 1. The molecule has 0 saturated carbocycles. The smallest absolute Gasteiger partial charge is 0.255 e. The minimum Gasteiger partial charge on any atom is -0.466 e. The summed E-state index contributed by atoms with van der Waals surface area (Å²) in [6.07, 6.45) is 0.851. The average Bonchev–Trinajstić information content (AvgIpc) is 2.60. The van der Waals surface area contributed by atoms with Crippen molar-refractivity contribution in [2.45, 2.75) is 39.7 Å². The lowest BCUT2D eigenvalue weighted by atomic mass is 10.0. The summed E-state index contributed by atoms with van der Waals surface area (Å²) in [5.74, 6) is 1.41. The minimum absolute atomic E-state index is 0.0670. The maximum absolute atomic E-state index is 12.4. The van der Waals surface area contributed by atoms with Crippen molar-refractivity contribution < 1.29 is 9.21 Å². The van der Waals surface area contributed by atoms with Gasteiger partial charge in [0.25, 0.3) is 5.91 Å². The predicted octanol–water partition coefficient (Wildman–Crippen LogP) is 3.87. The van der Waals surface area contributed by atoms with E-state index in [1.165, 1.54) is 0 Å². The van der Waals surface area contributed by atoms with Gasteiger partial charge in [-0.15, -0.1) is 0 Å². The van der Waals surface area contributed by atoms with Gasteiger partial charge in [-0.05, 0) is 27.2 Å². The van der Waals surface area contributed by atoms with E-state index in [9.17, 15) is 4.79 Å². The molecular formula is C13H19Br2NO2. The van der Waals surface area contributed by atoms with Gasteiger partial charge in [0.15, 0.2) is 0 Å². The number of amides is 1. The third-order valence-electron chi connectivity index (χ3n) is 3.36. The lowest BCUT2D eigenvalue weighted by molar-refractivity contribution is 0.0913. The maximum Gasteiger partial charge on any atom is 0.255 e. The molecule has 0 aromatic carbocycles. The first-order valence-corrected chi connectivity index (χ1v) is 8.16. The minimum atomic E-state index is -0.263. The van der Waals surface area contributed by atoms with Crippen LogP contribution in [0.5, 0.6) is 0 Å². The highest BCUT2D eigenvalue weighted by Gasteiger charge is 2.30. The summed E-state index contributed by atoms with van der Waals surface area (Å²) < 4.78 is 5.50. The number of hydrogen-bond donors (Lipinski definition) is 1. The molecule has 1 heterocycles. The summed E-state index contributed by atoms with van der Waals surface area (Å²) in [5, 5.41) is 4.52. The molecule has 0 radical (unpaired) electrons. The summed E-state index contributed by atoms with van der Waals surface area (Å²) in [4.78, 5) is 12.4. The summed E-state index contributed by atoms with van der Waals surface area (Å²) in [6.45, 7) is 7.67. The molecule has 1 amide bonds. The van der Waals surface area contributed by atoms with Crippen LogP contribution in [0.2, 0.25) is 0 Å². The van der Waals surface area contributed by atoms with Crippen molar-refractivity contribution in [3.05, 3.63) is 22.6 Å². The molecule has 0 aliphatic heterocycles. The van der Waals surface area contributed by atoms with E-state index in [1.807, 2.05) is 20.8 Å². The molecule has 0 atom stereocenters. The Bertz CT molecular complexity index is 428. The topological polar surface area (TPSA) is 42.2 Å². The van der Waals surface area contributed by atoms with Crippen LogP contribution >= 0.6 is 31.9 Å². The van der Waals surface area contributed by atoms with E-state index in [2.05, 4.69) is 44.1 Å². The van der Waals surface area contributed by atoms with Crippen molar-refractivity contribution in [2.24, 2.45) is 0 Å². The fourth-order valence-corrected chi connectivity index (χ4v) is 3.81. The van der Waals surface area contributed by atoms with Crippen molar-refractivity contribution in [3.63, 3.8) is 0 Å². The molecule has 0 saturated heterocycles. The lowest BCUT2D eigenvalue weighted by Gasteiger charge is -2.30. The number of carbonyl (C=O) groups excluding carboxylic acids is 1. The Kier molecular flexibility index (Phi) is 5.46. The van der Waals surface area contributed by atoms with Gasteiger partial charge in [0, 0.05) is 16.2 Å². The summed E-state index contributed by atoms with van der Waals surface area (Å²) in [6, 6.07) is 0. The Labute approximate surface area is 125 Å². The van der Waals surface area contributed by atoms with E-state index < -0.39 is 0 Å². The molecule has 1 aromatic rings. The summed E-state index contributed by atoms with van der Waals surface area (Å²) in [5.41, 5.74) is 1.31. The third-order valence-corrected chi connectivity index (χ3v) is 5.50. The van der Waals surface area contributed by atoms with Gasteiger partial charge in [0.1, 0.15) is 11.5 Å². The Hall–Kier alpha value is -0.290. The molecule has 5 heteroatoms. The lowest BCUT2D eigenvalue weighted by Crippen LogP contribution is -2.51. The van der Waals surface area contributed by atoms with Crippen LogP contribution < -0.4 is 5.32 Å².